The first-order valence-electron chi connectivity index (χ1n) is 13.8. The molecule has 2 aromatic rings. The molecule has 0 radical (unpaired) electrons. The zero-order valence-electron chi connectivity index (χ0n) is 25.2. The average Bonchev–Trinajstić information content (AvgIpc) is 2.96. The SMILES string of the molecule is CNC(=O)c1ccc(CNC(=O)C(=O)C(NC(=O)C(C)NC(=O)C(NC(=O)c2ccccc2)C(C)(C)C)C(C)C)cc1. The molecule has 0 saturated carbocycles. The number of benzene rings is 2. The van der Waals surface area contributed by atoms with Crippen molar-refractivity contribution in [3.05, 3.63) is 71.3 Å². The van der Waals surface area contributed by atoms with E-state index in [2.05, 4.69) is 26.6 Å². The number of Topliss-reactive ketones (excluding diaryl/α,β-unsaturated/α-hetero) is 1. The van der Waals surface area contributed by atoms with Gasteiger partial charge in [-0.3, -0.25) is 28.8 Å². The molecular formula is C31H41N5O6. The van der Waals surface area contributed by atoms with Gasteiger partial charge in [0.2, 0.25) is 17.6 Å². The molecule has 5 N–H and O–H groups in total. The molecule has 0 aromatic heterocycles. The molecule has 0 bridgehead atoms. The molecular weight excluding hydrogens is 538 g/mol. The minimum Gasteiger partial charge on any atom is -0.355 e. The normalized spacial score (nSPS) is 13.2. The Morgan fingerprint density at radius 2 is 1.29 bits per heavy atom. The molecule has 5 amide bonds. The summed E-state index contributed by atoms with van der Waals surface area (Å²) in [7, 11) is 1.52. The number of carbonyl (C=O) groups is 6. The lowest BCUT2D eigenvalue weighted by Crippen LogP contribution is -2.59. The van der Waals surface area contributed by atoms with Crippen LogP contribution in [0, 0.1) is 11.3 Å². The predicted octanol–water partition coefficient (Wildman–Crippen LogP) is 1.72. The molecule has 0 fully saturated rings. The van der Waals surface area contributed by atoms with Crippen LogP contribution < -0.4 is 26.6 Å². The highest BCUT2D eigenvalue weighted by Gasteiger charge is 2.35. The minimum absolute atomic E-state index is 0.0483. The summed E-state index contributed by atoms with van der Waals surface area (Å²) in [4.78, 5) is 76.2. The summed E-state index contributed by atoms with van der Waals surface area (Å²) in [6.45, 7) is 10.2. The average molecular weight is 580 g/mol. The molecule has 2 rings (SSSR count). The van der Waals surface area contributed by atoms with Crippen LogP contribution in [0.25, 0.3) is 0 Å². The molecule has 0 aliphatic carbocycles. The van der Waals surface area contributed by atoms with E-state index in [0.29, 0.717) is 16.7 Å². The van der Waals surface area contributed by atoms with Gasteiger partial charge in [0, 0.05) is 24.7 Å². The fraction of sp³-hybridized carbons (Fsp3) is 0.419. The summed E-state index contributed by atoms with van der Waals surface area (Å²) in [6, 6.07) is 11.8. The van der Waals surface area contributed by atoms with E-state index in [-0.39, 0.29) is 12.5 Å². The van der Waals surface area contributed by atoms with Crippen LogP contribution in [0.5, 0.6) is 0 Å². The summed E-state index contributed by atoms with van der Waals surface area (Å²) >= 11 is 0. The van der Waals surface area contributed by atoms with Gasteiger partial charge in [-0.05, 0) is 48.1 Å². The largest absolute Gasteiger partial charge is 0.355 e. The van der Waals surface area contributed by atoms with Crippen molar-refractivity contribution < 1.29 is 28.8 Å². The first-order chi connectivity index (χ1) is 19.6. The first kappa shape index (κ1) is 33.7. The molecule has 0 aliphatic rings. The minimum atomic E-state index is -1.14. The Kier molecular flexibility index (Phi) is 11.9. The summed E-state index contributed by atoms with van der Waals surface area (Å²) in [6.07, 6.45) is 0. The van der Waals surface area contributed by atoms with Gasteiger partial charge >= 0.3 is 0 Å². The fourth-order valence-corrected chi connectivity index (χ4v) is 3.98. The van der Waals surface area contributed by atoms with E-state index in [1.165, 1.54) is 14.0 Å². The quantitative estimate of drug-likeness (QED) is 0.241. The van der Waals surface area contributed by atoms with Gasteiger partial charge in [-0.15, -0.1) is 0 Å². The Bertz CT molecular complexity index is 1290. The van der Waals surface area contributed by atoms with Crippen LogP contribution >= 0.6 is 0 Å². The van der Waals surface area contributed by atoms with Gasteiger partial charge in [-0.1, -0.05) is 65.0 Å². The predicted molar refractivity (Wildman–Crippen MR) is 158 cm³/mol. The van der Waals surface area contributed by atoms with Crippen molar-refractivity contribution in [2.24, 2.45) is 11.3 Å². The number of hydrogen-bond acceptors (Lipinski definition) is 6. The standard InChI is InChI=1S/C31H41N5O6/c1-18(2)23(24(37)29(41)33-17-20-13-15-22(16-14-20)27(39)32-7)35-26(38)19(3)34-30(42)25(31(4,5)6)36-28(40)21-11-9-8-10-12-21/h8-16,18-19,23,25H,17H2,1-7H3,(H,32,39)(H,33,41)(H,34,42)(H,35,38)(H,36,40). The van der Waals surface area contributed by atoms with Gasteiger partial charge in [0.05, 0.1) is 6.04 Å². The second-order valence-electron chi connectivity index (χ2n) is 11.4. The van der Waals surface area contributed by atoms with Crippen molar-refractivity contribution in [1.29, 1.82) is 0 Å². The lowest BCUT2D eigenvalue weighted by atomic mass is 9.85. The molecule has 2 aromatic carbocycles. The number of hydrogen-bond donors (Lipinski definition) is 5. The van der Waals surface area contributed by atoms with Crippen LogP contribution in [0.1, 0.15) is 67.8 Å². The summed E-state index contributed by atoms with van der Waals surface area (Å²) < 4.78 is 0. The van der Waals surface area contributed by atoms with Gasteiger partial charge < -0.3 is 26.6 Å². The molecule has 0 saturated heterocycles. The number of carbonyl (C=O) groups excluding carboxylic acids is 6. The van der Waals surface area contributed by atoms with Crippen molar-refractivity contribution in [3.63, 3.8) is 0 Å². The Labute approximate surface area is 246 Å². The summed E-state index contributed by atoms with van der Waals surface area (Å²) in [5.74, 6) is -4.03. The molecule has 3 atom stereocenters. The van der Waals surface area contributed by atoms with E-state index in [1.54, 1.807) is 89.2 Å². The van der Waals surface area contributed by atoms with Crippen molar-refractivity contribution in [1.82, 2.24) is 26.6 Å². The molecule has 0 spiro atoms. The number of amides is 5. The van der Waals surface area contributed by atoms with Crippen LogP contribution in [0.4, 0.5) is 0 Å². The Morgan fingerprint density at radius 1 is 0.714 bits per heavy atom. The molecule has 0 heterocycles. The lowest BCUT2D eigenvalue weighted by molar-refractivity contribution is -0.141. The van der Waals surface area contributed by atoms with Gasteiger partial charge in [0.25, 0.3) is 17.7 Å². The summed E-state index contributed by atoms with van der Waals surface area (Å²) in [5.41, 5.74) is 0.850. The van der Waals surface area contributed by atoms with Crippen molar-refractivity contribution in [2.45, 2.75) is 66.2 Å². The molecule has 0 aliphatic heterocycles. The third-order valence-electron chi connectivity index (χ3n) is 6.56. The zero-order valence-corrected chi connectivity index (χ0v) is 25.2. The van der Waals surface area contributed by atoms with Crippen molar-refractivity contribution in [2.75, 3.05) is 7.05 Å². The Hall–Kier alpha value is -4.54. The van der Waals surface area contributed by atoms with Crippen LogP contribution in [-0.2, 0) is 25.7 Å². The topological polar surface area (TPSA) is 163 Å². The number of rotatable bonds is 12. The maximum absolute atomic E-state index is 13.2. The third-order valence-corrected chi connectivity index (χ3v) is 6.56. The monoisotopic (exact) mass is 579 g/mol. The maximum Gasteiger partial charge on any atom is 0.289 e. The van der Waals surface area contributed by atoms with Gasteiger partial charge in [-0.25, -0.2) is 0 Å². The van der Waals surface area contributed by atoms with E-state index in [0.717, 1.165) is 0 Å². The van der Waals surface area contributed by atoms with Crippen LogP contribution in [-0.4, -0.2) is 60.5 Å². The van der Waals surface area contributed by atoms with Gasteiger partial charge in [0.1, 0.15) is 12.1 Å². The van der Waals surface area contributed by atoms with E-state index in [1.807, 2.05) is 0 Å². The van der Waals surface area contributed by atoms with E-state index in [9.17, 15) is 28.8 Å². The molecule has 226 valence electrons. The molecule has 42 heavy (non-hydrogen) atoms. The Balaban J connectivity index is 2.01. The van der Waals surface area contributed by atoms with E-state index in [4.69, 9.17) is 0 Å². The molecule has 11 heteroatoms. The highest BCUT2D eigenvalue weighted by molar-refractivity contribution is 6.38. The Morgan fingerprint density at radius 3 is 1.81 bits per heavy atom. The van der Waals surface area contributed by atoms with E-state index >= 15 is 0 Å². The third kappa shape index (κ3) is 9.53. The molecule has 11 nitrogen and oxygen atoms in total. The van der Waals surface area contributed by atoms with Gasteiger partial charge in [-0.2, -0.15) is 0 Å². The van der Waals surface area contributed by atoms with E-state index < -0.39 is 58.9 Å². The van der Waals surface area contributed by atoms with Gasteiger partial charge in [0.15, 0.2) is 0 Å². The second-order valence-corrected chi connectivity index (χ2v) is 11.4. The van der Waals surface area contributed by atoms with Crippen LogP contribution in [0.15, 0.2) is 54.6 Å². The van der Waals surface area contributed by atoms with Crippen molar-refractivity contribution in [3.8, 4) is 0 Å². The summed E-state index contributed by atoms with van der Waals surface area (Å²) in [5, 5.41) is 13.0. The molecule has 3 unspecified atom stereocenters. The smallest absolute Gasteiger partial charge is 0.289 e. The first-order valence-corrected chi connectivity index (χ1v) is 13.8. The lowest BCUT2D eigenvalue weighted by Gasteiger charge is -2.31. The highest BCUT2D eigenvalue weighted by atomic mass is 16.2. The van der Waals surface area contributed by atoms with Crippen LogP contribution in [0.2, 0.25) is 0 Å². The number of nitrogens with one attached hydrogen (secondary N) is 5. The highest BCUT2D eigenvalue weighted by Crippen LogP contribution is 2.20. The van der Waals surface area contributed by atoms with Crippen molar-refractivity contribution >= 4 is 35.3 Å². The maximum atomic E-state index is 13.2. The number of ketones is 1. The second kappa shape index (κ2) is 14.9. The zero-order chi connectivity index (χ0) is 31.6. The van der Waals surface area contributed by atoms with Crippen LogP contribution in [0.3, 0.4) is 0 Å². The fourth-order valence-electron chi connectivity index (χ4n) is 3.98.